The Balaban J connectivity index is 1.82. The minimum absolute atomic E-state index is 0.110. The van der Waals surface area contributed by atoms with E-state index < -0.39 is 17.9 Å². The van der Waals surface area contributed by atoms with E-state index in [9.17, 15) is 19.8 Å². The first-order chi connectivity index (χ1) is 11.6. The number of H-pyrrole nitrogens is 1. The number of amides is 1. The molecule has 7 nitrogen and oxygen atoms in total. The van der Waals surface area contributed by atoms with E-state index in [-0.39, 0.29) is 17.9 Å². The molecule has 2 heterocycles. The summed E-state index contributed by atoms with van der Waals surface area (Å²) in [5.74, 6) is -2.20. The number of aromatic hydroxyl groups is 1. The maximum atomic E-state index is 12.2. The molecule has 24 heavy (non-hydrogen) atoms. The molecule has 0 aliphatic heterocycles. The lowest BCUT2D eigenvalue weighted by molar-refractivity contribution is -0.139. The van der Waals surface area contributed by atoms with Crippen molar-refractivity contribution in [2.45, 2.75) is 12.5 Å². The molecule has 0 bridgehead atoms. The number of aromatic amines is 1. The molecule has 1 atom stereocenters. The Kier molecular flexibility index (Phi) is 4.15. The van der Waals surface area contributed by atoms with E-state index in [1.807, 2.05) is 24.3 Å². The van der Waals surface area contributed by atoms with E-state index in [1.54, 1.807) is 6.20 Å². The third kappa shape index (κ3) is 3.05. The van der Waals surface area contributed by atoms with Gasteiger partial charge in [0.1, 0.15) is 11.8 Å². The summed E-state index contributed by atoms with van der Waals surface area (Å²) in [7, 11) is 0. The summed E-state index contributed by atoms with van der Waals surface area (Å²) < 4.78 is 0. The first-order valence-electron chi connectivity index (χ1n) is 7.29. The minimum atomic E-state index is -1.16. The number of fused-ring (bicyclic) bond motifs is 1. The van der Waals surface area contributed by atoms with Crippen molar-refractivity contribution in [3.05, 3.63) is 60.0 Å². The number of aromatic nitrogens is 2. The number of nitrogens with one attached hydrogen (secondary N) is 2. The second kappa shape index (κ2) is 6.41. The molecule has 122 valence electrons. The highest BCUT2D eigenvalue weighted by Crippen LogP contribution is 2.19. The van der Waals surface area contributed by atoms with Gasteiger partial charge in [-0.1, -0.05) is 18.2 Å². The van der Waals surface area contributed by atoms with Crippen LogP contribution >= 0.6 is 0 Å². The van der Waals surface area contributed by atoms with Gasteiger partial charge in [0.05, 0.1) is 0 Å². The van der Waals surface area contributed by atoms with Crippen molar-refractivity contribution in [2.24, 2.45) is 0 Å². The zero-order valence-electron chi connectivity index (χ0n) is 12.6. The summed E-state index contributed by atoms with van der Waals surface area (Å²) in [6, 6.07) is 9.16. The van der Waals surface area contributed by atoms with Crippen LogP contribution in [-0.2, 0) is 11.2 Å². The fourth-order valence-corrected chi connectivity index (χ4v) is 2.52. The van der Waals surface area contributed by atoms with Gasteiger partial charge in [-0.15, -0.1) is 0 Å². The number of nitrogens with zero attached hydrogens (tertiary/aromatic N) is 1. The second-order valence-electron chi connectivity index (χ2n) is 5.30. The maximum absolute atomic E-state index is 12.2. The number of benzene rings is 1. The molecule has 7 heteroatoms. The lowest BCUT2D eigenvalue weighted by Crippen LogP contribution is -2.42. The number of pyridine rings is 1. The van der Waals surface area contributed by atoms with Crippen LogP contribution in [0.3, 0.4) is 0 Å². The Morgan fingerprint density at radius 1 is 1.21 bits per heavy atom. The van der Waals surface area contributed by atoms with Crippen molar-refractivity contribution < 1.29 is 19.8 Å². The van der Waals surface area contributed by atoms with Crippen LogP contribution in [0.25, 0.3) is 10.9 Å². The minimum Gasteiger partial charge on any atom is -0.505 e. The van der Waals surface area contributed by atoms with Crippen molar-refractivity contribution in [3.63, 3.8) is 0 Å². The van der Waals surface area contributed by atoms with Gasteiger partial charge in [0.25, 0.3) is 5.91 Å². The van der Waals surface area contributed by atoms with Crippen molar-refractivity contribution in [1.82, 2.24) is 15.3 Å². The highest BCUT2D eigenvalue weighted by Gasteiger charge is 2.24. The Hall–Kier alpha value is -3.35. The molecule has 0 saturated heterocycles. The van der Waals surface area contributed by atoms with Crippen LogP contribution in [0, 0.1) is 0 Å². The molecule has 0 saturated carbocycles. The molecule has 1 aromatic carbocycles. The predicted molar refractivity (Wildman–Crippen MR) is 86.8 cm³/mol. The fraction of sp³-hybridized carbons (Fsp3) is 0.118. The van der Waals surface area contributed by atoms with Crippen LogP contribution in [0.15, 0.2) is 48.8 Å². The number of para-hydroxylation sites is 1. The van der Waals surface area contributed by atoms with Crippen LogP contribution in [-0.4, -0.2) is 38.1 Å². The van der Waals surface area contributed by atoms with Gasteiger partial charge in [-0.2, -0.15) is 0 Å². The molecule has 1 amide bonds. The molecule has 0 aliphatic rings. The SMILES string of the molecule is O=C(N[C@H](Cc1c[nH]c2ccccc12)C(=O)O)c1ncccc1O. The molecular weight excluding hydrogens is 310 g/mol. The third-order valence-corrected chi connectivity index (χ3v) is 3.70. The molecule has 0 spiro atoms. The smallest absolute Gasteiger partial charge is 0.326 e. The summed E-state index contributed by atoms with van der Waals surface area (Å²) in [5, 5.41) is 22.4. The van der Waals surface area contributed by atoms with Crippen LogP contribution in [0.5, 0.6) is 5.75 Å². The first kappa shape index (κ1) is 15.5. The second-order valence-corrected chi connectivity index (χ2v) is 5.30. The number of hydrogen-bond acceptors (Lipinski definition) is 4. The van der Waals surface area contributed by atoms with E-state index in [2.05, 4.69) is 15.3 Å². The number of carboxylic acid groups (broad SMARTS) is 1. The number of carboxylic acids is 1. The topological polar surface area (TPSA) is 115 Å². The average molecular weight is 325 g/mol. The summed E-state index contributed by atoms with van der Waals surface area (Å²) in [6.45, 7) is 0. The lowest BCUT2D eigenvalue weighted by Gasteiger charge is -2.14. The highest BCUT2D eigenvalue weighted by atomic mass is 16.4. The number of carbonyl (C=O) groups excluding carboxylic acids is 1. The van der Waals surface area contributed by atoms with Gasteiger partial charge in [-0.25, -0.2) is 9.78 Å². The number of aliphatic carboxylic acids is 1. The van der Waals surface area contributed by atoms with Crippen molar-refractivity contribution in [3.8, 4) is 5.75 Å². The average Bonchev–Trinajstić information content (AvgIpc) is 2.97. The summed E-state index contributed by atoms with van der Waals surface area (Å²) in [6.07, 6.45) is 3.19. The molecule has 3 aromatic rings. The van der Waals surface area contributed by atoms with Crippen LogP contribution < -0.4 is 5.32 Å². The van der Waals surface area contributed by atoms with E-state index in [0.29, 0.717) is 0 Å². The molecule has 0 fully saturated rings. The van der Waals surface area contributed by atoms with Gasteiger partial charge < -0.3 is 20.5 Å². The van der Waals surface area contributed by atoms with Crippen LogP contribution in [0.4, 0.5) is 0 Å². The molecule has 0 radical (unpaired) electrons. The fourth-order valence-electron chi connectivity index (χ4n) is 2.52. The molecule has 4 N–H and O–H groups in total. The molecular formula is C17H15N3O4. The molecule has 3 rings (SSSR count). The van der Waals surface area contributed by atoms with Crippen molar-refractivity contribution in [2.75, 3.05) is 0 Å². The standard InChI is InChI=1S/C17H15N3O4/c21-14-6-3-7-18-15(14)16(22)20-13(17(23)24)8-10-9-19-12-5-2-1-4-11(10)12/h1-7,9,13,19,21H,8H2,(H,20,22)(H,23,24)/t13-/m1/s1. The zero-order valence-corrected chi connectivity index (χ0v) is 12.6. The maximum Gasteiger partial charge on any atom is 0.326 e. The van der Waals surface area contributed by atoms with Crippen molar-refractivity contribution >= 4 is 22.8 Å². The van der Waals surface area contributed by atoms with E-state index in [0.717, 1.165) is 16.5 Å². The van der Waals surface area contributed by atoms with Crippen LogP contribution in [0.2, 0.25) is 0 Å². The monoisotopic (exact) mass is 325 g/mol. The third-order valence-electron chi connectivity index (χ3n) is 3.70. The normalized spacial score (nSPS) is 12.0. The Morgan fingerprint density at radius 3 is 2.75 bits per heavy atom. The van der Waals surface area contributed by atoms with Crippen molar-refractivity contribution in [1.29, 1.82) is 0 Å². The number of carbonyl (C=O) groups is 2. The lowest BCUT2D eigenvalue weighted by atomic mass is 10.0. The van der Waals surface area contributed by atoms with Gasteiger partial charge in [-0.05, 0) is 23.8 Å². The Bertz CT molecular complexity index is 903. The Labute approximate surface area is 137 Å². The highest BCUT2D eigenvalue weighted by molar-refractivity contribution is 5.97. The predicted octanol–water partition coefficient (Wildman–Crippen LogP) is 1.69. The molecule has 0 unspecified atom stereocenters. The van der Waals surface area contributed by atoms with E-state index >= 15 is 0 Å². The van der Waals surface area contributed by atoms with Gasteiger partial charge >= 0.3 is 5.97 Å². The molecule has 2 aromatic heterocycles. The Morgan fingerprint density at radius 2 is 2.00 bits per heavy atom. The van der Waals surface area contributed by atoms with Gasteiger partial charge in [0, 0.05) is 29.7 Å². The number of rotatable bonds is 5. The quantitative estimate of drug-likeness (QED) is 0.570. The summed E-state index contributed by atoms with van der Waals surface area (Å²) in [5.41, 5.74) is 1.47. The van der Waals surface area contributed by atoms with E-state index in [1.165, 1.54) is 18.3 Å². The zero-order chi connectivity index (χ0) is 17.1. The van der Waals surface area contributed by atoms with E-state index in [4.69, 9.17) is 0 Å². The van der Waals surface area contributed by atoms with Gasteiger partial charge in [0.15, 0.2) is 5.69 Å². The van der Waals surface area contributed by atoms with Gasteiger partial charge in [0.2, 0.25) is 0 Å². The van der Waals surface area contributed by atoms with Crippen LogP contribution in [0.1, 0.15) is 16.1 Å². The van der Waals surface area contributed by atoms with Gasteiger partial charge in [-0.3, -0.25) is 4.79 Å². The largest absolute Gasteiger partial charge is 0.505 e. The first-order valence-corrected chi connectivity index (χ1v) is 7.29. The molecule has 0 aliphatic carbocycles. The number of hydrogen-bond donors (Lipinski definition) is 4. The summed E-state index contributed by atoms with van der Waals surface area (Å²) >= 11 is 0. The summed E-state index contributed by atoms with van der Waals surface area (Å²) in [4.78, 5) is 30.5.